The highest BCUT2D eigenvalue weighted by atomic mass is 14.8. The zero-order chi connectivity index (χ0) is 16.3. The Labute approximate surface area is 143 Å². The second-order valence-electron chi connectivity index (χ2n) is 7.99. The van der Waals surface area contributed by atoms with Crippen molar-refractivity contribution in [3.05, 3.63) is 71.6 Å². The molecular formula is C22H22N2. The van der Waals surface area contributed by atoms with E-state index < -0.39 is 0 Å². The molecule has 2 bridgehead atoms. The van der Waals surface area contributed by atoms with E-state index in [-0.39, 0.29) is 0 Å². The lowest BCUT2D eigenvalue weighted by Crippen LogP contribution is -2.48. The summed E-state index contributed by atoms with van der Waals surface area (Å²) < 4.78 is 0. The van der Waals surface area contributed by atoms with Crippen LogP contribution in [-0.4, -0.2) is 9.97 Å². The molecule has 2 heterocycles. The Morgan fingerprint density at radius 1 is 0.958 bits per heavy atom. The fourth-order valence-electron chi connectivity index (χ4n) is 4.67. The van der Waals surface area contributed by atoms with Crippen LogP contribution in [0.4, 0.5) is 0 Å². The van der Waals surface area contributed by atoms with Crippen LogP contribution in [0.3, 0.4) is 0 Å². The molecule has 2 atom stereocenters. The summed E-state index contributed by atoms with van der Waals surface area (Å²) in [5.74, 6) is 1.79. The highest BCUT2D eigenvalue weighted by Gasteiger charge is 2.52. The molecule has 0 aromatic carbocycles. The average molecular weight is 314 g/mol. The predicted molar refractivity (Wildman–Crippen MR) is 96.8 cm³/mol. The summed E-state index contributed by atoms with van der Waals surface area (Å²) in [5.41, 5.74) is 6.34. The first-order valence-corrected chi connectivity index (χ1v) is 8.95. The van der Waals surface area contributed by atoms with Gasteiger partial charge in [-0.2, -0.15) is 0 Å². The summed E-state index contributed by atoms with van der Waals surface area (Å²) in [6.45, 7) is 4.83. The molecule has 2 aromatic heterocycles. The van der Waals surface area contributed by atoms with Gasteiger partial charge in [-0.05, 0) is 53.9 Å². The summed E-state index contributed by atoms with van der Waals surface area (Å²) in [6, 6.07) is 10.8. The Morgan fingerprint density at radius 2 is 1.75 bits per heavy atom. The Kier molecular flexibility index (Phi) is 2.88. The first kappa shape index (κ1) is 14.2. The molecule has 0 radical (unpaired) electrons. The van der Waals surface area contributed by atoms with Gasteiger partial charge in [0, 0.05) is 11.6 Å². The lowest BCUT2D eigenvalue weighted by Gasteiger charge is -2.56. The topological polar surface area (TPSA) is 25.8 Å². The maximum absolute atomic E-state index is 5.00. The molecule has 1 fully saturated rings. The number of pyridine rings is 2. The van der Waals surface area contributed by atoms with E-state index in [2.05, 4.69) is 68.5 Å². The van der Waals surface area contributed by atoms with E-state index in [9.17, 15) is 0 Å². The Balaban J connectivity index is 1.52. The zero-order valence-electron chi connectivity index (χ0n) is 14.2. The van der Waals surface area contributed by atoms with Gasteiger partial charge in [0.2, 0.25) is 0 Å². The molecular weight excluding hydrogens is 292 g/mol. The fraction of sp³-hybridized carbons (Fsp3) is 0.364. The van der Waals surface area contributed by atoms with Gasteiger partial charge in [0.05, 0.1) is 17.1 Å². The van der Waals surface area contributed by atoms with Crippen molar-refractivity contribution in [3.8, 4) is 11.4 Å². The van der Waals surface area contributed by atoms with Gasteiger partial charge in [0.25, 0.3) is 0 Å². The number of allylic oxidation sites excluding steroid dienone is 4. The van der Waals surface area contributed by atoms with Crippen LogP contribution in [0.1, 0.15) is 49.1 Å². The quantitative estimate of drug-likeness (QED) is 0.776. The summed E-state index contributed by atoms with van der Waals surface area (Å²) >= 11 is 0. The SMILES string of the molecule is CC1(C)[C@H]2Cc3nc(-c4cccc(C5C=CC=C5)n4)ccc3[C@@H]1C2. The number of rotatable bonds is 2. The predicted octanol–water partition coefficient (Wildman–Crippen LogP) is 5.04. The van der Waals surface area contributed by atoms with E-state index in [0.717, 1.165) is 29.4 Å². The van der Waals surface area contributed by atoms with Crippen LogP contribution in [0.25, 0.3) is 11.4 Å². The summed E-state index contributed by atoms with van der Waals surface area (Å²) in [4.78, 5) is 9.87. The van der Waals surface area contributed by atoms with Gasteiger partial charge in [0.15, 0.2) is 0 Å². The van der Waals surface area contributed by atoms with Crippen molar-refractivity contribution in [1.29, 1.82) is 0 Å². The molecule has 0 spiro atoms. The van der Waals surface area contributed by atoms with Gasteiger partial charge in [0.1, 0.15) is 0 Å². The maximum atomic E-state index is 5.00. The van der Waals surface area contributed by atoms with E-state index in [1.54, 1.807) is 0 Å². The van der Waals surface area contributed by atoms with Crippen molar-refractivity contribution in [3.63, 3.8) is 0 Å². The third kappa shape index (κ3) is 1.95. The van der Waals surface area contributed by atoms with E-state index in [1.807, 2.05) is 0 Å². The number of aromatic nitrogens is 2. The largest absolute Gasteiger partial charge is 0.251 e. The first-order valence-electron chi connectivity index (χ1n) is 8.95. The summed E-state index contributed by atoms with van der Waals surface area (Å²) in [6.07, 6.45) is 11.0. The third-order valence-electron chi connectivity index (χ3n) is 6.42. The van der Waals surface area contributed by atoms with Crippen molar-refractivity contribution >= 4 is 0 Å². The van der Waals surface area contributed by atoms with Crippen LogP contribution in [0.2, 0.25) is 0 Å². The van der Waals surface area contributed by atoms with Crippen molar-refractivity contribution in [2.75, 3.05) is 0 Å². The normalized spacial score (nSPS) is 26.2. The molecule has 4 aliphatic rings. The van der Waals surface area contributed by atoms with Gasteiger partial charge in [-0.15, -0.1) is 0 Å². The van der Waals surface area contributed by atoms with Crippen molar-refractivity contribution < 1.29 is 0 Å². The molecule has 0 amide bonds. The minimum atomic E-state index is 0.302. The molecule has 1 saturated carbocycles. The molecule has 0 unspecified atom stereocenters. The van der Waals surface area contributed by atoms with Crippen molar-refractivity contribution in [2.24, 2.45) is 11.3 Å². The number of hydrogen-bond donors (Lipinski definition) is 0. The van der Waals surface area contributed by atoms with E-state index in [1.165, 1.54) is 17.7 Å². The molecule has 0 aliphatic heterocycles. The van der Waals surface area contributed by atoms with Crippen LogP contribution in [0, 0.1) is 11.3 Å². The van der Waals surface area contributed by atoms with E-state index in [0.29, 0.717) is 17.3 Å². The highest BCUT2D eigenvalue weighted by Crippen LogP contribution is 2.61. The molecule has 2 nitrogen and oxygen atoms in total. The highest BCUT2D eigenvalue weighted by molar-refractivity contribution is 5.57. The van der Waals surface area contributed by atoms with Gasteiger partial charge >= 0.3 is 0 Å². The molecule has 120 valence electrons. The minimum Gasteiger partial charge on any atom is -0.251 e. The molecule has 2 aromatic rings. The number of hydrogen-bond acceptors (Lipinski definition) is 2. The van der Waals surface area contributed by atoms with Crippen LogP contribution in [0.15, 0.2) is 54.6 Å². The Morgan fingerprint density at radius 3 is 2.54 bits per heavy atom. The minimum absolute atomic E-state index is 0.302. The second kappa shape index (κ2) is 4.89. The number of nitrogens with zero attached hydrogens (tertiary/aromatic N) is 2. The summed E-state index contributed by atoms with van der Waals surface area (Å²) in [7, 11) is 0. The molecule has 0 N–H and O–H groups in total. The molecule has 0 saturated heterocycles. The lowest BCUT2D eigenvalue weighted by molar-refractivity contribution is 0.0170. The lowest BCUT2D eigenvalue weighted by atomic mass is 9.48. The van der Waals surface area contributed by atoms with E-state index in [4.69, 9.17) is 9.97 Å². The van der Waals surface area contributed by atoms with Gasteiger partial charge < -0.3 is 0 Å². The first-order chi connectivity index (χ1) is 11.6. The summed E-state index contributed by atoms with van der Waals surface area (Å²) in [5, 5.41) is 0. The Hall–Kier alpha value is -2.22. The smallest absolute Gasteiger partial charge is 0.0889 e. The van der Waals surface area contributed by atoms with E-state index >= 15 is 0 Å². The standard InChI is InChI=1S/C22H22N2/c1-22(2)15-12-17(22)16-10-11-20(24-21(16)13-15)19-9-5-8-18(23-19)14-6-3-4-7-14/h3-11,14-15,17H,12-13H2,1-2H3/t15-,17+/m1/s1. The Bertz CT molecular complexity index is 863. The van der Waals surface area contributed by atoms with Crippen molar-refractivity contribution in [1.82, 2.24) is 9.97 Å². The van der Waals surface area contributed by atoms with Crippen LogP contribution in [-0.2, 0) is 6.42 Å². The van der Waals surface area contributed by atoms with Crippen molar-refractivity contribution in [2.45, 2.75) is 38.5 Å². The third-order valence-corrected chi connectivity index (χ3v) is 6.42. The molecule has 4 aliphatic carbocycles. The van der Waals surface area contributed by atoms with Crippen LogP contribution in [0.5, 0.6) is 0 Å². The van der Waals surface area contributed by atoms with Gasteiger partial charge in [-0.1, -0.05) is 50.3 Å². The monoisotopic (exact) mass is 314 g/mol. The average Bonchev–Trinajstić information content (AvgIpc) is 3.15. The molecule has 24 heavy (non-hydrogen) atoms. The molecule has 6 rings (SSSR count). The van der Waals surface area contributed by atoms with Gasteiger partial charge in [-0.25, -0.2) is 0 Å². The maximum Gasteiger partial charge on any atom is 0.0889 e. The van der Waals surface area contributed by atoms with Crippen LogP contribution >= 0.6 is 0 Å². The van der Waals surface area contributed by atoms with Crippen LogP contribution < -0.4 is 0 Å². The molecule has 2 heteroatoms. The fourth-order valence-corrected chi connectivity index (χ4v) is 4.67. The van der Waals surface area contributed by atoms with Gasteiger partial charge in [-0.3, -0.25) is 9.97 Å². The second-order valence-corrected chi connectivity index (χ2v) is 7.99. The zero-order valence-corrected chi connectivity index (χ0v) is 14.2.